The summed E-state index contributed by atoms with van der Waals surface area (Å²) in [7, 11) is 0. The molecule has 0 atom stereocenters. The molecule has 0 amide bonds. The lowest BCUT2D eigenvalue weighted by Gasteiger charge is -1.98. The van der Waals surface area contributed by atoms with Crippen molar-refractivity contribution >= 4 is 23.0 Å². The van der Waals surface area contributed by atoms with Gasteiger partial charge in [-0.05, 0) is 24.3 Å². The highest BCUT2D eigenvalue weighted by Gasteiger charge is 2.07. The Morgan fingerprint density at radius 1 is 0.950 bits per heavy atom. The van der Waals surface area contributed by atoms with Gasteiger partial charge in [0.1, 0.15) is 10.8 Å². The van der Waals surface area contributed by atoms with Crippen LogP contribution in [0.4, 0.5) is 11.4 Å². The first-order valence-corrected chi connectivity index (χ1v) is 6.33. The van der Waals surface area contributed by atoms with E-state index in [2.05, 4.69) is 25.4 Å². The number of rotatable bonds is 3. The zero-order valence-electron chi connectivity index (χ0n) is 10.4. The van der Waals surface area contributed by atoms with E-state index in [1.165, 1.54) is 0 Å². The monoisotopic (exact) mass is 283 g/mol. The van der Waals surface area contributed by atoms with Crippen LogP contribution in [-0.4, -0.2) is 15.2 Å². The number of pyridine rings is 1. The number of nitrogens with zero attached hydrogens (tertiary/aromatic N) is 4. The van der Waals surface area contributed by atoms with Crippen LogP contribution < -0.4 is 0 Å². The molecule has 1 N–H and O–H groups in total. The number of benzene rings is 1. The Kier molecular flexibility index (Phi) is 3.52. The van der Waals surface area contributed by atoms with Gasteiger partial charge in [-0.3, -0.25) is 5.10 Å². The Morgan fingerprint density at radius 3 is 2.55 bits per heavy atom. The van der Waals surface area contributed by atoms with Crippen LogP contribution in [0.5, 0.6) is 0 Å². The molecule has 3 aromatic rings. The molecule has 0 spiro atoms. The highest BCUT2D eigenvalue weighted by molar-refractivity contribution is 6.29. The van der Waals surface area contributed by atoms with E-state index >= 15 is 0 Å². The first-order valence-electron chi connectivity index (χ1n) is 5.95. The van der Waals surface area contributed by atoms with Crippen LogP contribution in [0.3, 0.4) is 0 Å². The van der Waals surface area contributed by atoms with E-state index in [-0.39, 0.29) is 0 Å². The molecule has 98 valence electrons. The molecular formula is C14H10ClN5. The minimum Gasteiger partial charge on any atom is -0.275 e. The maximum absolute atomic E-state index is 5.78. The van der Waals surface area contributed by atoms with Gasteiger partial charge in [-0.15, -0.1) is 5.11 Å². The lowest BCUT2D eigenvalue weighted by atomic mass is 10.2. The smallest absolute Gasteiger partial charge is 0.131 e. The topological polar surface area (TPSA) is 66.3 Å². The average molecular weight is 284 g/mol. The minimum atomic E-state index is 0.445. The van der Waals surface area contributed by atoms with E-state index in [0.717, 1.165) is 16.9 Å². The third-order valence-corrected chi connectivity index (χ3v) is 2.89. The molecule has 3 rings (SSSR count). The van der Waals surface area contributed by atoms with Gasteiger partial charge < -0.3 is 0 Å². The number of azo groups is 1. The van der Waals surface area contributed by atoms with Crippen molar-refractivity contribution in [2.24, 2.45) is 10.2 Å². The molecule has 0 radical (unpaired) electrons. The summed E-state index contributed by atoms with van der Waals surface area (Å²) in [5.74, 6) is 0. The van der Waals surface area contributed by atoms with Gasteiger partial charge in [0.05, 0.1) is 17.6 Å². The zero-order valence-corrected chi connectivity index (χ0v) is 11.1. The molecule has 2 heterocycles. The van der Waals surface area contributed by atoms with Crippen LogP contribution >= 0.6 is 11.6 Å². The predicted molar refractivity (Wildman–Crippen MR) is 77.4 cm³/mol. The number of halogens is 1. The second kappa shape index (κ2) is 5.63. The summed E-state index contributed by atoms with van der Waals surface area (Å²) in [6, 6.07) is 13.1. The number of aromatic amines is 1. The van der Waals surface area contributed by atoms with Crippen LogP contribution in [0.2, 0.25) is 5.15 Å². The Labute approximate surface area is 120 Å². The molecule has 0 saturated carbocycles. The zero-order chi connectivity index (χ0) is 13.8. The molecule has 2 aromatic heterocycles. The first-order chi connectivity index (χ1) is 9.83. The van der Waals surface area contributed by atoms with Gasteiger partial charge >= 0.3 is 0 Å². The molecule has 0 aliphatic heterocycles. The van der Waals surface area contributed by atoms with E-state index < -0.39 is 0 Å². The average Bonchev–Trinajstić information content (AvgIpc) is 2.95. The number of aromatic nitrogens is 3. The second-order valence-electron chi connectivity index (χ2n) is 4.04. The van der Waals surface area contributed by atoms with Crippen molar-refractivity contribution in [1.29, 1.82) is 0 Å². The van der Waals surface area contributed by atoms with E-state index in [4.69, 9.17) is 11.6 Å². The quantitative estimate of drug-likeness (QED) is 0.566. The molecule has 0 unspecified atom stereocenters. The maximum atomic E-state index is 5.78. The fraction of sp³-hybridized carbons (Fsp3) is 0. The SMILES string of the molecule is Clc1ccc(-c2[nH]ncc2N=Nc2ccccc2)cn1. The summed E-state index contributed by atoms with van der Waals surface area (Å²) in [6.45, 7) is 0. The van der Waals surface area contributed by atoms with Crippen LogP contribution in [0, 0.1) is 0 Å². The fourth-order valence-electron chi connectivity index (χ4n) is 1.70. The van der Waals surface area contributed by atoms with Gasteiger partial charge in [-0.2, -0.15) is 10.2 Å². The third-order valence-electron chi connectivity index (χ3n) is 2.66. The molecule has 1 aromatic carbocycles. The highest BCUT2D eigenvalue weighted by atomic mass is 35.5. The van der Waals surface area contributed by atoms with Crippen LogP contribution in [0.1, 0.15) is 0 Å². The second-order valence-corrected chi connectivity index (χ2v) is 4.42. The van der Waals surface area contributed by atoms with Crippen LogP contribution in [-0.2, 0) is 0 Å². The summed E-state index contributed by atoms with van der Waals surface area (Å²) >= 11 is 5.78. The Bertz CT molecular complexity index is 719. The largest absolute Gasteiger partial charge is 0.275 e. The Morgan fingerprint density at radius 2 is 1.80 bits per heavy atom. The van der Waals surface area contributed by atoms with E-state index in [1.807, 2.05) is 36.4 Å². The molecule has 0 saturated heterocycles. The van der Waals surface area contributed by atoms with Gasteiger partial charge in [-0.1, -0.05) is 29.8 Å². The lowest BCUT2D eigenvalue weighted by molar-refractivity contribution is 1.09. The highest BCUT2D eigenvalue weighted by Crippen LogP contribution is 2.29. The van der Waals surface area contributed by atoms with Crippen molar-refractivity contribution in [3.8, 4) is 11.3 Å². The van der Waals surface area contributed by atoms with Gasteiger partial charge in [0, 0.05) is 11.8 Å². The van der Waals surface area contributed by atoms with Gasteiger partial charge in [0.15, 0.2) is 0 Å². The summed E-state index contributed by atoms with van der Waals surface area (Å²) < 4.78 is 0. The minimum absolute atomic E-state index is 0.445. The van der Waals surface area contributed by atoms with Gasteiger partial charge in [0.25, 0.3) is 0 Å². The first kappa shape index (κ1) is 12.5. The van der Waals surface area contributed by atoms with Crippen LogP contribution in [0.15, 0.2) is 65.1 Å². The molecule has 0 bridgehead atoms. The maximum Gasteiger partial charge on any atom is 0.131 e. The molecule has 0 aliphatic carbocycles. The van der Waals surface area contributed by atoms with Crippen molar-refractivity contribution < 1.29 is 0 Å². The molecule has 0 aliphatic rings. The molecule has 5 nitrogen and oxygen atoms in total. The van der Waals surface area contributed by atoms with Gasteiger partial charge in [-0.25, -0.2) is 4.98 Å². The third kappa shape index (κ3) is 2.73. The molecule has 6 heteroatoms. The van der Waals surface area contributed by atoms with Crippen molar-refractivity contribution in [1.82, 2.24) is 15.2 Å². The summed E-state index contributed by atoms with van der Waals surface area (Å²) in [4.78, 5) is 4.04. The fourth-order valence-corrected chi connectivity index (χ4v) is 1.81. The molecule has 20 heavy (non-hydrogen) atoms. The molecular weight excluding hydrogens is 274 g/mol. The van der Waals surface area contributed by atoms with Crippen molar-refractivity contribution in [3.63, 3.8) is 0 Å². The number of H-pyrrole nitrogens is 1. The van der Waals surface area contributed by atoms with Crippen molar-refractivity contribution in [2.75, 3.05) is 0 Å². The lowest BCUT2D eigenvalue weighted by Crippen LogP contribution is -1.81. The van der Waals surface area contributed by atoms with Crippen molar-refractivity contribution in [3.05, 3.63) is 60.0 Å². The standard InChI is InChI=1S/C14H10ClN5/c15-13-7-6-10(8-16-13)14-12(9-17-20-14)19-18-11-4-2-1-3-5-11/h1-9H,(H,17,20). The normalized spacial score (nSPS) is 11.1. The summed E-state index contributed by atoms with van der Waals surface area (Å²) in [5.41, 5.74) is 3.05. The summed E-state index contributed by atoms with van der Waals surface area (Å²) in [5, 5.41) is 15.7. The Balaban J connectivity index is 1.91. The van der Waals surface area contributed by atoms with Gasteiger partial charge in [0.2, 0.25) is 0 Å². The Hall–Kier alpha value is -2.53. The number of nitrogens with one attached hydrogen (secondary N) is 1. The summed E-state index contributed by atoms with van der Waals surface area (Å²) in [6.07, 6.45) is 3.29. The van der Waals surface area contributed by atoms with Crippen molar-refractivity contribution in [2.45, 2.75) is 0 Å². The number of hydrogen-bond acceptors (Lipinski definition) is 4. The van der Waals surface area contributed by atoms with E-state index in [0.29, 0.717) is 10.8 Å². The van der Waals surface area contributed by atoms with E-state index in [1.54, 1.807) is 18.5 Å². The number of hydrogen-bond donors (Lipinski definition) is 1. The molecule has 0 fully saturated rings. The van der Waals surface area contributed by atoms with Crippen LogP contribution in [0.25, 0.3) is 11.3 Å². The predicted octanol–water partition coefficient (Wildman–Crippen LogP) is 4.54. The van der Waals surface area contributed by atoms with E-state index in [9.17, 15) is 0 Å².